The Labute approximate surface area is 242 Å². The van der Waals surface area contributed by atoms with Crippen LogP contribution in [-0.4, -0.2) is 96.9 Å². The van der Waals surface area contributed by atoms with Gasteiger partial charge in [0.25, 0.3) is 0 Å². The van der Waals surface area contributed by atoms with E-state index < -0.39 is 11.4 Å². The van der Waals surface area contributed by atoms with Gasteiger partial charge >= 0.3 is 5.97 Å². The van der Waals surface area contributed by atoms with Crippen molar-refractivity contribution in [2.24, 2.45) is 17.8 Å². The zero-order valence-electron chi connectivity index (χ0n) is 26.7. The van der Waals surface area contributed by atoms with E-state index in [9.17, 15) is 19.2 Å². The number of carbonyl (C=O) groups is 4. The first-order valence-corrected chi connectivity index (χ1v) is 14.2. The number of rotatable bonds is 14. The maximum atomic E-state index is 13.1. The molecule has 2 atom stereocenters. The Bertz CT molecular complexity index is 930. The molecule has 40 heavy (non-hydrogen) atoms. The van der Waals surface area contributed by atoms with Gasteiger partial charge < -0.3 is 20.2 Å². The van der Waals surface area contributed by atoms with Gasteiger partial charge in [-0.3, -0.25) is 24.1 Å². The van der Waals surface area contributed by atoms with Crippen LogP contribution in [0.2, 0.25) is 0 Å². The number of carbonyl (C=O) groups excluding carboxylic acids is 3. The number of hydrogen-bond donors (Lipinski definition) is 2. The van der Waals surface area contributed by atoms with Gasteiger partial charge in [0.1, 0.15) is 6.54 Å². The lowest BCUT2D eigenvalue weighted by molar-refractivity contribution is -0.144. The van der Waals surface area contributed by atoms with Crippen LogP contribution in [0.3, 0.4) is 0 Å². The van der Waals surface area contributed by atoms with Gasteiger partial charge in [-0.25, -0.2) is 0 Å². The molecule has 1 rings (SSSR count). The first kappa shape index (κ1) is 37.1. The summed E-state index contributed by atoms with van der Waals surface area (Å²) in [6.07, 6.45) is 0.640. The van der Waals surface area contributed by atoms with E-state index in [2.05, 4.69) is 26.1 Å². The van der Waals surface area contributed by atoms with Crippen LogP contribution in [-0.2, 0) is 24.6 Å². The Hall–Kier alpha value is -2.94. The van der Waals surface area contributed by atoms with E-state index in [1.807, 2.05) is 65.0 Å². The molecule has 228 valence electrons. The number of amides is 3. The van der Waals surface area contributed by atoms with Crippen LogP contribution < -0.4 is 5.32 Å². The molecule has 0 fully saturated rings. The molecule has 0 aromatic heterocycles. The number of hydrogen-bond acceptors (Lipinski definition) is 5. The molecule has 1 aromatic carbocycles. The zero-order chi connectivity index (χ0) is 31.2. The van der Waals surface area contributed by atoms with Crippen molar-refractivity contribution in [3.63, 3.8) is 0 Å². The average molecular weight is 563 g/mol. The minimum atomic E-state index is -1.07. The van der Waals surface area contributed by atoms with Crippen LogP contribution >= 0.6 is 0 Å². The largest absolute Gasteiger partial charge is 0.480 e. The molecular formula is C31H54N4O5. The normalized spacial score (nSPS) is 12.8. The molecule has 3 amide bonds. The van der Waals surface area contributed by atoms with Gasteiger partial charge in [-0.1, -0.05) is 85.7 Å². The van der Waals surface area contributed by atoms with Gasteiger partial charge in [0.2, 0.25) is 17.7 Å². The van der Waals surface area contributed by atoms with Crippen molar-refractivity contribution in [1.29, 1.82) is 0 Å². The Balaban J connectivity index is 0.00000354. The monoisotopic (exact) mass is 562 g/mol. The number of nitrogens with one attached hydrogen (secondary N) is 1. The third kappa shape index (κ3) is 12.9. The number of carboxylic acids is 1. The second-order valence-electron chi connectivity index (χ2n) is 12.2. The fourth-order valence-electron chi connectivity index (χ4n) is 4.49. The molecule has 9 heteroatoms. The van der Waals surface area contributed by atoms with E-state index in [0.29, 0.717) is 13.0 Å². The number of likely N-dealkylation sites (N-methyl/N-ethyl adjacent to an activating group) is 3. The summed E-state index contributed by atoms with van der Waals surface area (Å²) in [5, 5.41) is 11.7. The first-order valence-electron chi connectivity index (χ1n) is 14.2. The fraction of sp³-hybridized carbons (Fsp3) is 0.677. The van der Waals surface area contributed by atoms with Gasteiger partial charge in [0, 0.05) is 38.0 Å². The minimum Gasteiger partial charge on any atom is -0.480 e. The van der Waals surface area contributed by atoms with E-state index >= 15 is 0 Å². The van der Waals surface area contributed by atoms with Crippen molar-refractivity contribution in [2.45, 2.75) is 73.3 Å². The summed E-state index contributed by atoms with van der Waals surface area (Å²) in [5.41, 5.74) is 0.681. The molecule has 2 N–H and O–H groups in total. The van der Waals surface area contributed by atoms with Crippen molar-refractivity contribution >= 4 is 23.7 Å². The summed E-state index contributed by atoms with van der Waals surface area (Å²) < 4.78 is 0. The summed E-state index contributed by atoms with van der Waals surface area (Å²) in [6.45, 7) is 16.6. The standard InChI is InChI=1S/C27H44N4O5.C4H10/c1-9-21(27(4,5)20-13-11-10-12-14-20)26(36)28-15-23(32)31(8)22(19(2)3)16-29(6)17-24(33)30(7)18-25(34)35;1-4(2)3/h10-14,19,21-22H,9,15-18H2,1-8H3,(H,28,36)(H,34,35);4H,1-3H3/t21-,22-;/m1./s1. The maximum Gasteiger partial charge on any atom is 0.323 e. The van der Waals surface area contributed by atoms with Crippen LogP contribution in [0.15, 0.2) is 30.3 Å². The second-order valence-corrected chi connectivity index (χ2v) is 12.2. The van der Waals surface area contributed by atoms with E-state index in [1.165, 1.54) is 7.05 Å². The molecule has 9 nitrogen and oxygen atoms in total. The molecule has 0 unspecified atom stereocenters. The van der Waals surface area contributed by atoms with Crippen LogP contribution in [0.25, 0.3) is 0 Å². The summed E-state index contributed by atoms with van der Waals surface area (Å²) >= 11 is 0. The lowest BCUT2D eigenvalue weighted by Crippen LogP contribution is -2.52. The Kier molecular flexibility index (Phi) is 16.4. The molecular weight excluding hydrogens is 508 g/mol. The maximum absolute atomic E-state index is 13.1. The first-order chi connectivity index (χ1) is 18.4. The lowest BCUT2D eigenvalue weighted by atomic mass is 9.71. The number of carboxylic acid groups (broad SMARTS) is 1. The van der Waals surface area contributed by atoms with Crippen molar-refractivity contribution in [3.8, 4) is 0 Å². The lowest BCUT2D eigenvalue weighted by Gasteiger charge is -2.35. The van der Waals surface area contributed by atoms with E-state index in [4.69, 9.17) is 5.11 Å². The van der Waals surface area contributed by atoms with E-state index in [-0.39, 0.29) is 55.2 Å². The molecule has 0 bridgehead atoms. The molecule has 0 saturated heterocycles. The minimum absolute atomic E-state index is 0.0402. The zero-order valence-corrected chi connectivity index (χ0v) is 26.7. The molecule has 0 aliphatic heterocycles. The average Bonchev–Trinajstić information content (AvgIpc) is 2.85. The van der Waals surface area contributed by atoms with Crippen LogP contribution in [0.5, 0.6) is 0 Å². The Morgan fingerprint density at radius 3 is 1.88 bits per heavy atom. The summed E-state index contributed by atoms with van der Waals surface area (Å²) in [6, 6.07) is 9.70. The van der Waals surface area contributed by atoms with E-state index in [1.54, 1.807) is 23.9 Å². The number of benzene rings is 1. The SMILES string of the molecule is CC(C)C.CC[C@H](C(=O)NCC(=O)N(C)[C@H](CN(C)CC(=O)N(C)CC(=O)O)C(C)C)C(C)(C)c1ccccc1. The molecule has 0 aliphatic carbocycles. The van der Waals surface area contributed by atoms with Crippen molar-refractivity contribution in [1.82, 2.24) is 20.0 Å². The predicted molar refractivity (Wildman–Crippen MR) is 161 cm³/mol. The molecule has 0 saturated carbocycles. The molecule has 0 heterocycles. The van der Waals surface area contributed by atoms with Gasteiger partial charge in [0.05, 0.1) is 13.1 Å². The highest BCUT2D eigenvalue weighted by atomic mass is 16.4. The van der Waals surface area contributed by atoms with Crippen LogP contribution in [0, 0.1) is 17.8 Å². The topological polar surface area (TPSA) is 110 Å². The molecule has 0 radical (unpaired) electrons. The molecule has 0 spiro atoms. The highest BCUT2D eigenvalue weighted by molar-refractivity contribution is 5.86. The highest BCUT2D eigenvalue weighted by Crippen LogP contribution is 2.33. The summed E-state index contributed by atoms with van der Waals surface area (Å²) in [4.78, 5) is 53.8. The predicted octanol–water partition coefficient (Wildman–Crippen LogP) is 3.73. The Morgan fingerprint density at radius 1 is 0.900 bits per heavy atom. The smallest absolute Gasteiger partial charge is 0.323 e. The molecule has 1 aromatic rings. The van der Waals surface area contributed by atoms with Crippen molar-refractivity contribution < 1.29 is 24.3 Å². The number of aliphatic carboxylic acids is 1. The van der Waals surface area contributed by atoms with Crippen LogP contribution in [0.4, 0.5) is 0 Å². The third-order valence-corrected chi connectivity index (χ3v) is 6.89. The van der Waals surface area contributed by atoms with Crippen molar-refractivity contribution in [3.05, 3.63) is 35.9 Å². The van der Waals surface area contributed by atoms with Crippen molar-refractivity contribution in [2.75, 3.05) is 47.3 Å². The summed E-state index contributed by atoms with van der Waals surface area (Å²) in [5.74, 6) is -1.10. The highest BCUT2D eigenvalue weighted by Gasteiger charge is 2.35. The van der Waals surface area contributed by atoms with Gasteiger partial charge in [-0.15, -0.1) is 0 Å². The van der Waals surface area contributed by atoms with E-state index in [0.717, 1.165) is 16.4 Å². The van der Waals surface area contributed by atoms with Gasteiger partial charge in [-0.2, -0.15) is 0 Å². The van der Waals surface area contributed by atoms with Crippen LogP contribution in [0.1, 0.15) is 67.4 Å². The fourth-order valence-corrected chi connectivity index (χ4v) is 4.49. The quantitative estimate of drug-likeness (QED) is 0.358. The number of nitrogens with zero attached hydrogens (tertiary/aromatic N) is 3. The third-order valence-electron chi connectivity index (χ3n) is 6.89. The second kappa shape index (κ2) is 17.7. The molecule has 0 aliphatic rings. The van der Waals surface area contributed by atoms with Gasteiger partial charge in [-0.05, 0) is 30.9 Å². The van der Waals surface area contributed by atoms with Gasteiger partial charge in [0.15, 0.2) is 0 Å². The Morgan fingerprint density at radius 2 is 1.43 bits per heavy atom. The summed E-state index contributed by atoms with van der Waals surface area (Å²) in [7, 11) is 4.92.